The molecule has 1 aliphatic heterocycles. The first-order chi connectivity index (χ1) is 19.0. The van der Waals surface area contributed by atoms with Crippen LogP contribution in [0.25, 0.3) is 0 Å². The average molecular weight is 527 g/mol. The summed E-state index contributed by atoms with van der Waals surface area (Å²) in [5, 5.41) is 3.07. The SMILES string of the molecule is CCCCCCCCCCN1CCCc2cc(NC(=O)OC(C)(c3ccccc3)c3ccccc3)c(C)cc21. The fraction of sp³-hybridized carbons (Fsp3) is 0.457. The average Bonchev–Trinajstić information content (AvgIpc) is 2.96. The van der Waals surface area contributed by atoms with E-state index < -0.39 is 11.7 Å². The minimum atomic E-state index is -0.901. The molecule has 4 heteroatoms. The van der Waals surface area contributed by atoms with Gasteiger partial charge in [0, 0.05) is 24.5 Å². The number of nitrogens with one attached hydrogen (secondary N) is 1. The molecule has 4 rings (SSSR count). The van der Waals surface area contributed by atoms with E-state index in [9.17, 15) is 4.79 Å². The van der Waals surface area contributed by atoms with Crippen LogP contribution in [0.5, 0.6) is 0 Å². The molecule has 0 aromatic heterocycles. The Morgan fingerprint density at radius 3 is 2.08 bits per heavy atom. The number of nitrogens with zero attached hydrogens (tertiary/aromatic N) is 1. The number of unbranched alkanes of at least 4 members (excludes halogenated alkanes) is 7. The lowest BCUT2D eigenvalue weighted by Crippen LogP contribution is -2.33. The molecule has 0 spiro atoms. The zero-order valence-electron chi connectivity index (χ0n) is 24.2. The highest BCUT2D eigenvalue weighted by atomic mass is 16.6. The fourth-order valence-corrected chi connectivity index (χ4v) is 5.73. The first-order valence-electron chi connectivity index (χ1n) is 15.0. The predicted molar refractivity (Wildman–Crippen MR) is 164 cm³/mol. The molecular formula is C35H46N2O2. The van der Waals surface area contributed by atoms with Gasteiger partial charge in [-0.2, -0.15) is 0 Å². The maximum atomic E-state index is 13.3. The van der Waals surface area contributed by atoms with E-state index >= 15 is 0 Å². The summed E-state index contributed by atoms with van der Waals surface area (Å²) in [6.45, 7) is 8.54. The number of rotatable bonds is 13. The van der Waals surface area contributed by atoms with Gasteiger partial charge < -0.3 is 9.64 Å². The number of carbonyl (C=O) groups excluding carboxylic acids is 1. The summed E-state index contributed by atoms with van der Waals surface area (Å²) in [5.74, 6) is 0. The van der Waals surface area contributed by atoms with Crippen molar-refractivity contribution in [3.8, 4) is 0 Å². The number of amides is 1. The Bertz CT molecular complexity index is 1140. The lowest BCUT2D eigenvalue weighted by molar-refractivity contribution is 0.0632. The van der Waals surface area contributed by atoms with E-state index in [1.807, 2.05) is 67.6 Å². The van der Waals surface area contributed by atoms with E-state index in [1.54, 1.807) is 0 Å². The zero-order chi connectivity index (χ0) is 27.5. The van der Waals surface area contributed by atoms with E-state index in [0.29, 0.717) is 0 Å². The summed E-state index contributed by atoms with van der Waals surface area (Å²) in [6, 6.07) is 24.3. The Labute approximate surface area is 235 Å². The molecule has 1 heterocycles. The second-order valence-corrected chi connectivity index (χ2v) is 11.1. The summed E-state index contributed by atoms with van der Waals surface area (Å²) in [6.07, 6.45) is 12.5. The fourth-order valence-electron chi connectivity index (χ4n) is 5.73. The molecule has 39 heavy (non-hydrogen) atoms. The lowest BCUT2D eigenvalue weighted by atomic mass is 9.88. The van der Waals surface area contributed by atoms with Crippen LogP contribution in [0.15, 0.2) is 72.8 Å². The number of carbonyl (C=O) groups is 1. The molecule has 4 nitrogen and oxygen atoms in total. The second-order valence-electron chi connectivity index (χ2n) is 11.1. The number of aryl methyl sites for hydroxylation is 2. The van der Waals surface area contributed by atoms with Gasteiger partial charge in [-0.25, -0.2) is 4.79 Å². The van der Waals surface area contributed by atoms with Gasteiger partial charge in [-0.15, -0.1) is 0 Å². The van der Waals surface area contributed by atoms with Crippen molar-refractivity contribution in [2.24, 2.45) is 0 Å². The van der Waals surface area contributed by atoms with Crippen LogP contribution in [-0.2, 0) is 16.8 Å². The summed E-state index contributed by atoms with van der Waals surface area (Å²) < 4.78 is 6.18. The molecule has 0 atom stereocenters. The van der Waals surface area contributed by atoms with Gasteiger partial charge in [-0.05, 0) is 67.5 Å². The van der Waals surface area contributed by atoms with E-state index in [4.69, 9.17) is 4.74 Å². The van der Waals surface area contributed by atoms with Crippen molar-refractivity contribution in [3.63, 3.8) is 0 Å². The van der Waals surface area contributed by atoms with Crippen LogP contribution in [0, 0.1) is 6.92 Å². The summed E-state index contributed by atoms with van der Waals surface area (Å²) >= 11 is 0. The van der Waals surface area contributed by atoms with Crippen molar-refractivity contribution in [2.45, 2.75) is 90.6 Å². The summed E-state index contributed by atoms with van der Waals surface area (Å²) in [5.41, 5.74) is 5.51. The van der Waals surface area contributed by atoms with Gasteiger partial charge in [0.2, 0.25) is 0 Å². The molecular weight excluding hydrogens is 480 g/mol. The van der Waals surface area contributed by atoms with E-state index in [0.717, 1.165) is 48.3 Å². The smallest absolute Gasteiger partial charge is 0.412 e. The van der Waals surface area contributed by atoms with E-state index in [1.165, 1.54) is 62.6 Å². The number of benzene rings is 3. The van der Waals surface area contributed by atoms with Gasteiger partial charge in [0.15, 0.2) is 5.60 Å². The molecule has 1 aliphatic rings. The zero-order valence-corrected chi connectivity index (χ0v) is 24.2. The largest absolute Gasteiger partial charge is 0.433 e. The quantitative estimate of drug-likeness (QED) is 0.226. The molecule has 1 amide bonds. The standard InChI is InChI=1S/C35H46N2O2/c1-4-5-6-7-8-9-10-17-24-37-25-18-19-29-27-32(28(2)26-33(29)37)36-34(38)39-35(3,30-20-13-11-14-21-30)31-22-15-12-16-23-31/h11-16,20-23,26-27H,4-10,17-19,24-25H2,1-3H3,(H,36,38). The van der Waals surface area contributed by atoms with Crippen LogP contribution >= 0.6 is 0 Å². The lowest BCUT2D eigenvalue weighted by Gasteiger charge is -2.33. The third-order valence-electron chi connectivity index (χ3n) is 8.10. The van der Waals surface area contributed by atoms with Gasteiger partial charge in [0.25, 0.3) is 0 Å². The van der Waals surface area contributed by atoms with Crippen LogP contribution in [0.2, 0.25) is 0 Å². The number of anilines is 2. The molecule has 0 radical (unpaired) electrons. The van der Waals surface area contributed by atoms with E-state index in [-0.39, 0.29) is 0 Å². The number of hydrogen-bond acceptors (Lipinski definition) is 3. The molecule has 3 aromatic carbocycles. The van der Waals surface area contributed by atoms with Crippen molar-refractivity contribution < 1.29 is 9.53 Å². The normalized spacial score (nSPS) is 13.2. The maximum absolute atomic E-state index is 13.3. The third-order valence-corrected chi connectivity index (χ3v) is 8.10. The third kappa shape index (κ3) is 7.65. The molecule has 0 fully saturated rings. The minimum absolute atomic E-state index is 0.445. The second kappa shape index (κ2) is 14.2. The van der Waals surface area contributed by atoms with Crippen molar-refractivity contribution in [3.05, 3.63) is 95.1 Å². The predicted octanol–water partition coefficient (Wildman–Crippen LogP) is 9.40. The Hall–Kier alpha value is -3.27. The first-order valence-corrected chi connectivity index (χ1v) is 15.0. The first kappa shape index (κ1) is 28.7. The Balaban J connectivity index is 1.40. The highest BCUT2D eigenvalue weighted by molar-refractivity contribution is 5.87. The van der Waals surface area contributed by atoms with Gasteiger partial charge in [-0.3, -0.25) is 5.32 Å². The molecule has 0 saturated heterocycles. The van der Waals surface area contributed by atoms with E-state index in [2.05, 4.69) is 36.2 Å². The topological polar surface area (TPSA) is 41.6 Å². The van der Waals surface area contributed by atoms with Crippen molar-refractivity contribution in [1.29, 1.82) is 0 Å². The van der Waals surface area contributed by atoms with Crippen LogP contribution in [-0.4, -0.2) is 19.2 Å². The molecule has 3 aromatic rings. The van der Waals surface area contributed by atoms with Crippen LogP contribution in [0.4, 0.5) is 16.2 Å². The Morgan fingerprint density at radius 2 is 1.46 bits per heavy atom. The molecule has 0 unspecified atom stereocenters. The monoisotopic (exact) mass is 526 g/mol. The van der Waals surface area contributed by atoms with Crippen LogP contribution in [0.3, 0.4) is 0 Å². The maximum Gasteiger partial charge on any atom is 0.412 e. The molecule has 208 valence electrons. The summed E-state index contributed by atoms with van der Waals surface area (Å²) in [7, 11) is 0. The molecule has 0 bridgehead atoms. The molecule has 0 saturated carbocycles. The van der Waals surface area contributed by atoms with Crippen LogP contribution in [0.1, 0.15) is 93.9 Å². The number of ether oxygens (including phenoxy) is 1. The van der Waals surface area contributed by atoms with Crippen LogP contribution < -0.4 is 10.2 Å². The number of fused-ring (bicyclic) bond motifs is 1. The molecule has 0 aliphatic carbocycles. The van der Waals surface area contributed by atoms with Gasteiger partial charge in [0.05, 0.1) is 0 Å². The van der Waals surface area contributed by atoms with Crippen molar-refractivity contribution in [1.82, 2.24) is 0 Å². The summed E-state index contributed by atoms with van der Waals surface area (Å²) in [4.78, 5) is 15.8. The molecule has 1 N–H and O–H groups in total. The van der Waals surface area contributed by atoms with Gasteiger partial charge >= 0.3 is 6.09 Å². The highest BCUT2D eigenvalue weighted by Crippen LogP contribution is 2.35. The Morgan fingerprint density at radius 1 is 0.872 bits per heavy atom. The number of hydrogen-bond donors (Lipinski definition) is 1. The Kier molecular flexibility index (Phi) is 10.5. The van der Waals surface area contributed by atoms with Crippen molar-refractivity contribution >= 4 is 17.5 Å². The minimum Gasteiger partial charge on any atom is -0.433 e. The van der Waals surface area contributed by atoms with Gasteiger partial charge in [0.1, 0.15) is 0 Å². The van der Waals surface area contributed by atoms with Crippen molar-refractivity contribution in [2.75, 3.05) is 23.3 Å². The highest BCUT2D eigenvalue weighted by Gasteiger charge is 2.33. The van der Waals surface area contributed by atoms with Gasteiger partial charge in [-0.1, -0.05) is 113 Å².